The first kappa shape index (κ1) is 12.5. The summed E-state index contributed by atoms with van der Waals surface area (Å²) in [7, 11) is -1.53. The van der Waals surface area contributed by atoms with Gasteiger partial charge < -0.3 is 4.57 Å². The summed E-state index contributed by atoms with van der Waals surface area (Å²) >= 11 is 0. The molecule has 1 aromatic carbocycles. The van der Waals surface area contributed by atoms with Crippen molar-refractivity contribution in [2.24, 2.45) is 0 Å². The van der Waals surface area contributed by atoms with E-state index in [1.54, 1.807) is 0 Å². The van der Waals surface area contributed by atoms with Crippen LogP contribution in [0, 0.1) is 31.1 Å². The second-order valence-corrected chi connectivity index (χ2v) is 5.35. The number of benzene rings is 1. The van der Waals surface area contributed by atoms with E-state index in [2.05, 4.69) is 0 Å². The summed E-state index contributed by atoms with van der Waals surface area (Å²) < 4.78 is 11.5. The van der Waals surface area contributed by atoms with Crippen molar-refractivity contribution < 1.29 is 35.7 Å². The van der Waals surface area contributed by atoms with Crippen LogP contribution in [-0.4, -0.2) is 5.66 Å². The summed E-state index contributed by atoms with van der Waals surface area (Å²) in [5, 5.41) is 0.993. The van der Waals surface area contributed by atoms with Crippen LogP contribution >= 0.6 is 7.80 Å². The molecular weight excluding hydrogens is 393 g/mol. The van der Waals surface area contributed by atoms with E-state index in [0.717, 1.165) is 5.30 Å². The van der Waals surface area contributed by atoms with Crippen LogP contribution in [0.1, 0.15) is 13.8 Å². The molecule has 1 unspecified atom stereocenters. The SMILES string of the molecule is CC(C)[PH](=O)c1ccccc1.[U]. The maximum Gasteiger partial charge on any atom is 0.106 e. The van der Waals surface area contributed by atoms with E-state index in [1.165, 1.54) is 0 Å². The van der Waals surface area contributed by atoms with Gasteiger partial charge in [-0.15, -0.1) is 0 Å². The van der Waals surface area contributed by atoms with Crippen molar-refractivity contribution in [3.63, 3.8) is 0 Å². The third kappa shape index (κ3) is 3.48. The maximum atomic E-state index is 11.5. The van der Waals surface area contributed by atoms with Crippen molar-refractivity contribution >= 4 is 13.1 Å². The van der Waals surface area contributed by atoms with Crippen molar-refractivity contribution in [1.29, 1.82) is 0 Å². The first-order valence-corrected chi connectivity index (χ1v) is 5.29. The predicted molar refractivity (Wildman–Crippen MR) is 50.2 cm³/mol. The van der Waals surface area contributed by atoms with E-state index in [0.29, 0.717) is 0 Å². The molecule has 1 rings (SSSR count). The number of hydrogen-bond acceptors (Lipinski definition) is 1. The molecule has 0 saturated carbocycles. The Morgan fingerprint density at radius 2 is 1.67 bits per heavy atom. The molecule has 0 aliphatic rings. The second-order valence-electron chi connectivity index (χ2n) is 2.88. The molecule has 0 aliphatic heterocycles. The van der Waals surface area contributed by atoms with Crippen LogP contribution in [0.4, 0.5) is 0 Å². The standard InChI is InChI=1S/C9H13OP.U/c1-8(2)11(10)9-6-4-3-5-7-9;/h3-8,11H,1-2H3;. The molecule has 0 bridgehead atoms. The average molecular weight is 406 g/mol. The van der Waals surface area contributed by atoms with E-state index in [9.17, 15) is 4.57 Å². The average Bonchev–Trinajstić information content (AvgIpc) is 2.05. The Labute approximate surface area is 98.1 Å². The van der Waals surface area contributed by atoms with Gasteiger partial charge in [0.1, 0.15) is 7.80 Å². The van der Waals surface area contributed by atoms with Crippen LogP contribution in [-0.2, 0) is 4.57 Å². The minimum absolute atomic E-state index is 0. The molecule has 0 amide bonds. The molecule has 12 heavy (non-hydrogen) atoms. The van der Waals surface area contributed by atoms with Gasteiger partial charge in [-0.3, -0.25) is 0 Å². The van der Waals surface area contributed by atoms with Gasteiger partial charge in [0.15, 0.2) is 0 Å². The van der Waals surface area contributed by atoms with Crippen molar-refractivity contribution in [3.05, 3.63) is 30.3 Å². The predicted octanol–water partition coefficient (Wildman–Crippen LogP) is 2.28. The maximum absolute atomic E-state index is 11.5. The van der Waals surface area contributed by atoms with Gasteiger partial charge in [0.2, 0.25) is 0 Å². The Morgan fingerprint density at radius 3 is 2.08 bits per heavy atom. The molecule has 0 spiro atoms. The van der Waals surface area contributed by atoms with Crippen LogP contribution in [0.5, 0.6) is 0 Å². The Morgan fingerprint density at radius 1 is 1.17 bits per heavy atom. The van der Waals surface area contributed by atoms with Gasteiger partial charge in [-0.1, -0.05) is 44.2 Å². The van der Waals surface area contributed by atoms with Gasteiger partial charge >= 0.3 is 0 Å². The zero-order chi connectivity index (χ0) is 8.27. The van der Waals surface area contributed by atoms with Gasteiger partial charge in [-0.25, -0.2) is 0 Å². The van der Waals surface area contributed by atoms with E-state index < -0.39 is 7.80 Å². The second kappa shape index (κ2) is 6.03. The molecule has 64 valence electrons. The number of hydrogen-bond donors (Lipinski definition) is 0. The molecule has 1 nitrogen and oxygen atoms in total. The van der Waals surface area contributed by atoms with Gasteiger partial charge in [0.25, 0.3) is 0 Å². The van der Waals surface area contributed by atoms with Crippen molar-refractivity contribution in [2.75, 3.05) is 0 Å². The van der Waals surface area contributed by atoms with Gasteiger partial charge in [0, 0.05) is 42.1 Å². The molecule has 1 aromatic rings. The fraction of sp³-hybridized carbons (Fsp3) is 0.333. The summed E-state index contributed by atoms with van der Waals surface area (Å²) in [6.07, 6.45) is 0. The zero-order valence-corrected chi connectivity index (χ0v) is 12.5. The number of rotatable bonds is 2. The van der Waals surface area contributed by atoms with Gasteiger partial charge in [-0.2, -0.15) is 0 Å². The van der Waals surface area contributed by atoms with Crippen LogP contribution < -0.4 is 5.30 Å². The Balaban J connectivity index is 0.00000121. The van der Waals surface area contributed by atoms with E-state index in [-0.39, 0.29) is 36.8 Å². The summed E-state index contributed by atoms with van der Waals surface area (Å²) in [5.74, 6) is 0. The van der Waals surface area contributed by atoms with Crippen LogP contribution in [0.25, 0.3) is 0 Å². The molecule has 0 N–H and O–H groups in total. The molecular formula is C9H13OPU. The zero-order valence-electron chi connectivity index (χ0n) is 7.37. The topological polar surface area (TPSA) is 17.1 Å². The quantitative estimate of drug-likeness (QED) is 0.690. The third-order valence-corrected chi connectivity index (χ3v) is 3.53. The van der Waals surface area contributed by atoms with E-state index in [1.807, 2.05) is 44.2 Å². The summed E-state index contributed by atoms with van der Waals surface area (Å²) in [6.45, 7) is 3.99. The molecule has 0 heterocycles. The summed E-state index contributed by atoms with van der Waals surface area (Å²) in [5.41, 5.74) is 0.280. The molecule has 0 aliphatic carbocycles. The Bertz CT molecular complexity index is 246. The minimum atomic E-state index is -1.53. The summed E-state index contributed by atoms with van der Waals surface area (Å²) in [4.78, 5) is 0. The smallest absolute Gasteiger partial charge is 0.106 e. The van der Waals surface area contributed by atoms with E-state index in [4.69, 9.17) is 0 Å². The van der Waals surface area contributed by atoms with Gasteiger partial charge in [0.05, 0.1) is 0 Å². The monoisotopic (exact) mass is 406 g/mol. The largest absolute Gasteiger partial charge is 0.322 e. The first-order chi connectivity index (χ1) is 5.22. The third-order valence-electron chi connectivity index (χ3n) is 1.58. The molecule has 0 radical (unpaired) electrons. The van der Waals surface area contributed by atoms with Crippen LogP contribution in [0.2, 0.25) is 0 Å². The molecule has 0 fully saturated rings. The fourth-order valence-electron chi connectivity index (χ4n) is 0.936. The van der Waals surface area contributed by atoms with Crippen LogP contribution in [0.3, 0.4) is 0 Å². The molecule has 0 aromatic heterocycles. The van der Waals surface area contributed by atoms with Crippen molar-refractivity contribution in [2.45, 2.75) is 19.5 Å². The Hall–Kier alpha value is 0.502. The van der Waals surface area contributed by atoms with E-state index >= 15 is 0 Å². The van der Waals surface area contributed by atoms with Gasteiger partial charge in [-0.05, 0) is 0 Å². The molecule has 3 heteroatoms. The summed E-state index contributed by atoms with van der Waals surface area (Å²) in [6, 6.07) is 9.67. The first-order valence-electron chi connectivity index (χ1n) is 3.81. The normalized spacial score (nSPS) is 12.2. The van der Waals surface area contributed by atoms with Crippen molar-refractivity contribution in [3.8, 4) is 0 Å². The molecule has 0 saturated heterocycles. The molecule has 1 atom stereocenters. The fourth-order valence-corrected chi connectivity index (χ4v) is 2.12. The minimum Gasteiger partial charge on any atom is -0.322 e. The Kier molecular flexibility index (Phi) is 6.28. The van der Waals surface area contributed by atoms with Crippen molar-refractivity contribution in [1.82, 2.24) is 0 Å². The van der Waals surface area contributed by atoms with Crippen LogP contribution in [0.15, 0.2) is 30.3 Å².